The highest BCUT2D eigenvalue weighted by Crippen LogP contribution is 2.16. The minimum Gasteiger partial charge on any atom is -0.350 e. The smallest absolute Gasteiger partial charge is 0.271 e. The summed E-state index contributed by atoms with van der Waals surface area (Å²) >= 11 is 1.55. The molecular weight excluding hydrogens is 289 g/mol. The lowest BCUT2D eigenvalue weighted by atomic mass is 10.1. The van der Waals surface area contributed by atoms with Gasteiger partial charge >= 0.3 is 0 Å². The van der Waals surface area contributed by atoms with Crippen LogP contribution in [0.15, 0.2) is 36.7 Å². The lowest BCUT2D eigenvalue weighted by molar-refractivity contribution is 0.0950. The van der Waals surface area contributed by atoms with Gasteiger partial charge in [0.1, 0.15) is 11.5 Å². The molecule has 0 bridgehead atoms. The number of carbonyl (C=O) groups is 1. The van der Waals surface area contributed by atoms with E-state index in [4.69, 9.17) is 0 Å². The van der Waals surface area contributed by atoms with Gasteiger partial charge in [-0.25, -0.2) is 9.37 Å². The Morgan fingerprint density at radius 2 is 2.10 bits per heavy atom. The molecule has 4 nitrogen and oxygen atoms in total. The summed E-state index contributed by atoms with van der Waals surface area (Å²) in [5.41, 5.74) is 1.40. The largest absolute Gasteiger partial charge is 0.350 e. The van der Waals surface area contributed by atoms with E-state index < -0.39 is 0 Å². The molecule has 0 aliphatic rings. The number of nitrogens with one attached hydrogen (secondary N) is 1. The zero-order valence-electron chi connectivity index (χ0n) is 11.5. The highest BCUT2D eigenvalue weighted by Gasteiger charge is 2.11. The molecule has 3 aromatic rings. The van der Waals surface area contributed by atoms with Crippen molar-refractivity contribution in [3.05, 3.63) is 58.6 Å². The number of amides is 1. The van der Waals surface area contributed by atoms with E-state index >= 15 is 0 Å². The monoisotopic (exact) mass is 303 g/mol. The third kappa shape index (κ3) is 3.11. The number of rotatable bonds is 4. The fraction of sp³-hybridized carbons (Fsp3) is 0.200. The molecule has 6 heteroatoms. The maximum absolute atomic E-state index is 12.8. The van der Waals surface area contributed by atoms with Gasteiger partial charge in [0.05, 0.1) is 0 Å². The Balaban J connectivity index is 1.58. The Hall–Kier alpha value is -2.21. The molecule has 0 fully saturated rings. The van der Waals surface area contributed by atoms with E-state index in [-0.39, 0.29) is 11.7 Å². The summed E-state index contributed by atoms with van der Waals surface area (Å²) in [6.45, 7) is 2.50. The Kier molecular flexibility index (Phi) is 3.70. The molecular formula is C15H14FN3OS. The zero-order chi connectivity index (χ0) is 14.8. The highest BCUT2D eigenvalue weighted by atomic mass is 32.1. The first-order valence-corrected chi connectivity index (χ1v) is 7.41. The lowest BCUT2D eigenvalue weighted by Gasteiger charge is -2.03. The number of hydrogen-bond acceptors (Lipinski definition) is 3. The third-order valence-electron chi connectivity index (χ3n) is 3.12. The van der Waals surface area contributed by atoms with Crippen molar-refractivity contribution in [2.75, 3.05) is 6.54 Å². The predicted octanol–water partition coefficient (Wildman–Crippen LogP) is 2.82. The van der Waals surface area contributed by atoms with Crippen molar-refractivity contribution in [1.82, 2.24) is 14.7 Å². The molecule has 0 unspecified atom stereocenters. The molecule has 2 aromatic heterocycles. The molecule has 108 valence electrons. The summed E-state index contributed by atoms with van der Waals surface area (Å²) < 4.78 is 14.6. The molecule has 1 amide bonds. The van der Waals surface area contributed by atoms with E-state index in [2.05, 4.69) is 10.3 Å². The molecule has 0 radical (unpaired) electrons. The Bertz CT molecular complexity index is 744. The average molecular weight is 303 g/mol. The van der Waals surface area contributed by atoms with Crippen LogP contribution in [0.2, 0.25) is 0 Å². The quantitative estimate of drug-likeness (QED) is 0.805. The molecule has 1 aromatic carbocycles. The summed E-state index contributed by atoms with van der Waals surface area (Å²) in [4.78, 5) is 18.3. The standard InChI is InChI=1S/C15H14FN3OS/c1-10-8-19-9-13(18-15(19)21-10)14(20)17-7-6-11-2-4-12(16)5-3-11/h2-5,8-9H,6-7H2,1H3,(H,17,20). The van der Waals surface area contributed by atoms with Gasteiger partial charge in [-0.05, 0) is 31.0 Å². The Morgan fingerprint density at radius 3 is 2.81 bits per heavy atom. The van der Waals surface area contributed by atoms with Gasteiger partial charge in [-0.15, -0.1) is 11.3 Å². The predicted molar refractivity (Wildman–Crippen MR) is 80.2 cm³/mol. The fourth-order valence-corrected chi connectivity index (χ4v) is 2.89. The minimum absolute atomic E-state index is 0.189. The van der Waals surface area contributed by atoms with Gasteiger partial charge in [0, 0.05) is 23.8 Å². The second-order valence-corrected chi connectivity index (χ2v) is 6.00. The summed E-state index contributed by atoms with van der Waals surface area (Å²) in [5.74, 6) is -0.443. The van der Waals surface area contributed by atoms with E-state index in [1.807, 2.05) is 17.5 Å². The number of halogens is 1. The zero-order valence-corrected chi connectivity index (χ0v) is 12.3. The van der Waals surface area contributed by atoms with Crippen molar-refractivity contribution in [3.63, 3.8) is 0 Å². The van der Waals surface area contributed by atoms with E-state index in [9.17, 15) is 9.18 Å². The van der Waals surface area contributed by atoms with Crippen molar-refractivity contribution in [1.29, 1.82) is 0 Å². The van der Waals surface area contributed by atoms with Gasteiger partial charge in [0.15, 0.2) is 4.96 Å². The van der Waals surface area contributed by atoms with E-state index in [0.717, 1.165) is 15.4 Å². The fourth-order valence-electron chi connectivity index (χ4n) is 2.08. The summed E-state index contributed by atoms with van der Waals surface area (Å²) in [6.07, 6.45) is 4.34. The summed E-state index contributed by atoms with van der Waals surface area (Å²) in [7, 11) is 0. The number of nitrogens with zero attached hydrogens (tertiary/aromatic N) is 2. The molecule has 0 aliphatic carbocycles. The van der Waals surface area contributed by atoms with Crippen LogP contribution in [-0.2, 0) is 6.42 Å². The van der Waals surface area contributed by atoms with Crippen molar-refractivity contribution in [3.8, 4) is 0 Å². The second kappa shape index (κ2) is 5.65. The first-order valence-electron chi connectivity index (χ1n) is 6.59. The van der Waals surface area contributed by atoms with Crippen LogP contribution in [0.3, 0.4) is 0 Å². The van der Waals surface area contributed by atoms with E-state index in [0.29, 0.717) is 18.7 Å². The van der Waals surface area contributed by atoms with Crippen molar-refractivity contribution >= 4 is 22.2 Å². The van der Waals surface area contributed by atoms with Crippen LogP contribution in [0.25, 0.3) is 4.96 Å². The van der Waals surface area contributed by atoms with Crippen LogP contribution < -0.4 is 5.32 Å². The number of carbonyl (C=O) groups excluding carboxylic acids is 1. The molecule has 0 saturated heterocycles. The molecule has 2 heterocycles. The van der Waals surface area contributed by atoms with Crippen LogP contribution in [0.5, 0.6) is 0 Å². The number of benzene rings is 1. The van der Waals surface area contributed by atoms with Crippen molar-refractivity contribution < 1.29 is 9.18 Å². The number of thiazole rings is 1. The van der Waals surface area contributed by atoms with Crippen molar-refractivity contribution in [2.24, 2.45) is 0 Å². The average Bonchev–Trinajstić information content (AvgIpc) is 2.98. The first kappa shape index (κ1) is 13.8. The summed E-state index contributed by atoms with van der Waals surface area (Å²) in [5, 5.41) is 2.82. The number of hydrogen-bond donors (Lipinski definition) is 1. The van der Waals surface area contributed by atoms with Gasteiger partial charge in [-0.3, -0.25) is 9.20 Å². The van der Waals surface area contributed by atoms with E-state index in [1.165, 1.54) is 12.1 Å². The Labute approximate surface area is 125 Å². The van der Waals surface area contributed by atoms with Crippen molar-refractivity contribution in [2.45, 2.75) is 13.3 Å². The molecule has 1 N–H and O–H groups in total. The van der Waals surface area contributed by atoms with Crippen LogP contribution in [0, 0.1) is 12.7 Å². The lowest BCUT2D eigenvalue weighted by Crippen LogP contribution is -2.25. The number of aromatic nitrogens is 2. The first-order chi connectivity index (χ1) is 10.1. The van der Waals surface area contributed by atoms with Gasteiger partial charge in [-0.1, -0.05) is 12.1 Å². The molecule has 3 rings (SSSR count). The molecule has 21 heavy (non-hydrogen) atoms. The maximum Gasteiger partial charge on any atom is 0.271 e. The van der Waals surface area contributed by atoms with Crippen LogP contribution in [0.4, 0.5) is 4.39 Å². The maximum atomic E-state index is 12.8. The normalized spacial score (nSPS) is 11.0. The number of aryl methyl sites for hydroxylation is 1. The molecule has 0 saturated carbocycles. The molecule has 0 atom stereocenters. The van der Waals surface area contributed by atoms with Gasteiger partial charge < -0.3 is 5.32 Å². The van der Waals surface area contributed by atoms with Crippen LogP contribution in [0.1, 0.15) is 20.9 Å². The van der Waals surface area contributed by atoms with Gasteiger partial charge in [0.2, 0.25) is 0 Å². The molecule has 0 aliphatic heterocycles. The summed E-state index contributed by atoms with van der Waals surface area (Å²) in [6, 6.07) is 6.28. The van der Waals surface area contributed by atoms with Gasteiger partial charge in [0.25, 0.3) is 5.91 Å². The van der Waals surface area contributed by atoms with E-state index in [1.54, 1.807) is 29.7 Å². The number of fused-ring (bicyclic) bond motifs is 1. The molecule has 0 spiro atoms. The van der Waals surface area contributed by atoms with Crippen LogP contribution in [-0.4, -0.2) is 21.8 Å². The second-order valence-electron chi connectivity index (χ2n) is 4.79. The van der Waals surface area contributed by atoms with Crippen LogP contribution >= 0.6 is 11.3 Å². The Morgan fingerprint density at radius 1 is 1.33 bits per heavy atom. The topological polar surface area (TPSA) is 46.4 Å². The highest BCUT2D eigenvalue weighted by molar-refractivity contribution is 7.17. The minimum atomic E-state index is -0.254. The third-order valence-corrected chi connectivity index (χ3v) is 4.03. The number of imidazole rings is 1. The SMILES string of the molecule is Cc1cn2cc(C(=O)NCCc3ccc(F)cc3)nc2s1. The van der Waals surface area contributed by atoms with Gasteiger partial charge in [-0.2, -0.15) is 0 Å².